The topological polar surface area (TPSA) is 97.7 Å². The SMILES string of the molecule is CCOC(=O)c1ccc(-n2c(C)cc(/C=C3\C(=O)NC(=O)N(c4cccc(F)c4)C3=O)c2C)cc1. The van der Waals surface area contributed by atoms with Crippen LogP contribution in [0.15, 0.2) is 60.2 Å². The molecule has 4 amide bonds. The van der Waals surface area contributed by atoms with Gasteiger partial charge in [-0.25, -0.2) is 18.9 Å². The second kappa shape index (κ2) is 9.38. The van der Waals surface area contributed by atoms with Gasteiger partial charge in [-0.1, -0.05) is 6.07 Å². The van der Waals surface area contributed by atoms with Crippen molar-refractivity contribution >= 4 is 35.6 Å². The number of carbonyl (C=O) groups excluding carboxylic acids is 4. The standard InChI is InChI=1S/C26H22FN3O5/c1-4-35-25(33)17-8-10-20(11-9-17)29-15(2)12-18(16(29)3)13-22-23(31)28-26(34)30(24(22)32)21-7-5-6-19(27)14-21/h5-14H,4H2,1-3H3,(H,28,31,34)/b22-13+. The molecule has 8 nitrogen and oxygen atoms in total. The number of amides is 4. The lowest BCUT2D eigenvalue weighted by molar-refractivity contribution is -0.122. The van der Waals surface area contributed by atoms with Crippen LogP contribution in [0.1, 0.15) is 34.2 Å². The largest absolute Gasteiger partial charge is 0.462 e. The third-order valence-corrected chi connectivity index (χ3v) is 5.57. The van der Waals surface area contributed by atoms with Crippen molar-refractivity contribution < 1.29 is 28.3 Å². The lowest BCUT2D eigenvalue weighted by Gasteiger charge is -2.26. The number of nitrogens with zero attached hydrogens (tertiary/aromatic N) is 2. The Morgan fingerprint density at radius 3 is 2.40 bits per heavy atom. The van der Waals surface area contributed by atoms with Gasteiger partial charge in [0.15, 0.2) is 0 Å². The molecular formula is C26H22FN3O5. The van der Waals surface area contributed by atoms with Crippen LogP contribution in [0.5, 0.6) is 0 Å². The van der Waals surface area contributed by atoms with Crippen LogP contribution in [0, 0.1) is 19.7 Å². The monoisotopic (exact) mass is 475 g/mol. The van der Waals surface area contributed by atoms with Crippen LogP contribution in [0.4, 0.5) is 14.9 Å². The van der Waals surface area contributed by atoms with Gasteiger partial charge in [-0.15, -0.1) is 0 Å². The maximum Gasteiger partial charge on any atom is 0.338 e. The second-order valence-electron chi connectivity index (χ2n) is 7.87. The predicted molar refractivity (Wildman–Crippen MR) is 127 cm³/mol. The zero-order valence-corrected chi connectivity index (χ0v) is 19.3. The lowest BCUT2D eigenvalue weighted by atomic mass is 10.1. The summed E-state index contributed by atoms with van der Waals surface area (Å²) in [6.07, 6.45) is 1.40. The molecule has 178 valence electrons. The van der Waals surface area contributed by atoms with Gasteiger partial charge in [-0.05, 0) is 80.9 Å². The molecule has 3 aromatic rings. The van der Waals surface area contributed by atoms with E-state index in [4.69, 9.17) is 4.74 Å². The molecule has 0 spiro atoms. The van der Waals surface area contributed by atoms with Crippen LogP contribution < -0.4 is 10.2 Å². The van der Waals surface area contributed by atoms with E-state index < -0.39 is 29.6 Å². The smallest absolute Gasteiger partial charge is 0.338 e. The molecule has 35 heavy (non-hydrogen) atoms. The zero-order valence-electron chi connectivity index (χ0n) is 19.3. The molecule has 0 atom stereocenters. The first kappa shape index (κ1) is 23.6. The lowest BCUT2D eigenvalue weighted by Crippen LogP contribution is -2.54. The number of esters is 1. The van der Waals surface area contributed by atoms with E-state index in [1.165, 1.54) is 24.3 Å². The van der Waals surface area contributed by atoms with Crippen LogP contribution >= 0.6 is 0 Å². The number of carbonyl (C=O) groups is 4. The number of ether oxygens (including phenoxy) is 1. The first-order chi connectivity index (χ1) is 16.7. The summed E-state index contributed by atoms with van der Waals surface area (Å²) < 4.78 is 20.6. The maximum absolute atomic E-state index is 13.7. The molecule has 4 rings (SSSR count). The number of anilines is 1. The van der Waals surface area contributed by atoms with Crippen molar-refractivity contribution in [3.63, 3.8) is 0 Å². The van der Waals surface area contributed by atoms with Crippen molar-refractivity contribution in [1.82, 2.24) is 9.88 Å². The Balaban J connectivity index is 1.70. The number of nitrogens with one attached hydrogen (secondary N) is 1. The van der Waals surface area contributed by atoms with Gasteiger partial charge in [-0.3, -0.25) is 14.9 Å². The molecule has 9 heteroatoms. The van der Waals surface area contributed by atoms with Gasteiger partial charge < -0.3 is 9.30 Å². The normalized spacial score (nSPS) is 14.9. The minimum atomic E-state index is -0.949. The Labute approximate surface area is 200 Å². The molecule has 1 fully saturated rings. The highest BCUT2D eigenvalue weighted by Gasteiger charge is 2.37. The number of hydrogen-bond acceptors (Lipinski definition) is 5. The Morgan fingerprint density at radius 2 is 1.74 bits per heavy atom. The fourth-order valence-electron chi connectivity index (χ4n) is 3.95. The second-order valence-corrected chi connectivity index (χ2v) is 7.87. The van der Waals surface area contributed by atoms with Gasteiger partial charge >= 0.3 is 12.0 Å². The van der Waals surface area contributed by atoms with Crippen molar-refractivity contribution in [2.45, 2.75) is 20.8 Å². The minimum Gasteiger partial charge on any atom is -0.462 e. The van der Waals surface area contributed by atoms with E-state index in [1.54, 1.807) is 37.3 Å². The first-order valence-electron chi connectivity index (χ1n) is 10.8. The number of urea groups is 1. The van der Waals surface area contributed by atoms with E-state index in [-0.39, 0.29) is 17.9 Å². The number of barbiturate groups is 1. The molecule has 0 saturated carbocycles. The maximum atomic E-state index is 13.7. The molecule has 0 aliphatic carbocycles. The third-order valence-electron chi connectivity index (χ3n) is 5.57. The van der Waals surface area contributed by atoms with Gasteiger partial charge in [0.2, 0.25) is 0 Å². The summed E-state index contributed by atoms with van der Waals surface area (Å²) in [5, 5.41) is 2.13. The highest BCUT2D eigenvalue weighted by molar-refractivity contribution is 6.39. The van der Waals surface area contributed by atoms with E-state index in [2.05, 4.69) is 5.32 Å². The summed E-state index contributed by atoms with van der Waals surface area (Å²) in [5.74, 6) is -2.73. The van der Waals surface area contributed by atoms with Gasteiger partial charge in [0, 0.05) is 17.1 Å². The fourth-order valence-corrected chi connectivity index (χ4v) is 3.95. The van der Waals surface area contributed by atoms with Gasteiger partial charge in [0.25, 0.3) is 11.8 Å². The molecule has 1 aliphatic heterocycles. The number of imide groups is 2. The summed E-state index contributed by atoms with van der Waals surface area (Å²) in [6.45, 7) is 5.70. The van der Waals surface area contributed by atoms with Crippen molar-refractivity contribution in [3.8, 4) is 5.69 Å². The van der Waals surface area contributed by atoms with Crippen molar-refractivity contribution in [2.75, 3.05) is 11.5 Å². The molecule has 0 radical (unpaired) electrons. The summed E-state index contributed by atoms with van der Waals surface area (Å²) >= 11 is 0. The number of halogens is 1. The average molecular weight is 475 g/mol. The van der Waals surface area contributed by atoms with E-state index in [0.29, 0.717) is 11.1 Å². The highest BCUT2D eigenvalue weighted by atomic mass is 19.1. The Hall–Kier alpha value is -4.53. The first-order valence-corrected chi connectivity index (χ1v) is 10.8. The summed E-state index contributed by atoms with van der Waals surface area (Å²) in [4.78, 5) is 50.6. The fraction of sp³-hybridized carbons (Fsp3) is 0.154. The molecular weight excluding hydrogens is 453 g/mol. The van der Waals surface area contributed by atoms with Crippen LogP contribution in [-0.4, -0.2) is 35.0 Å². The number of aromatic nitrogens is 1. The number of aryl methyl sites for hydroxylation is 1. The highest BCUT2D eigenvalue weighted by Crippen LogP contribution is 2.26. The van der Waals surface area contributed by atoms with Crippen molar-refractivity contribution in [2.24, 2.45) is 0 Å². The Kier molecular flexibility index (Phi) is 6.33. The number of rotatable bonds is 5. The van der Waals surface area contributed by atoms with Gasteiger partial charge in [0.05, 0.1) is 17.9 Å². The van der Waals surface area contributed by atoms with E-state index in [0.717, 1.165) is 28.0 Å². The molecule has 1 aliphatic rings. The van der Waals surface area contributed by atoms with Gasteiger partial charge in [0.1, 0.15) is 11.4 Å². The molecule has 1 N–H and O–H groups in total. The molecule has 0 unspecified atom stereocenters. The molecule has 1 aromatic heterocycles. The summed E-state index contributed by atoms with van der Waals surface area (Å²) in [6, 6.07) is 12.7. The van der Waals surface area contributed by atoms with Gasteiger partial charge in [-0.2, -0.15) is 0 Å². The minimum absolute atomic E-state index is 0.0121. The molecule has 0 bridgehead atoms. The quantitative estimate of drug-likeness (QED) is 0.341. The molecule has 2 heterocycles. The number of hydrogen-bond donors (Lipinski definition) is 1. The summed E-state index contributed by atoms with van der Waals surface area (Å²) in [5.41, 5.74) is 3.09. The van der Waals surface area contributed by atoms with Crippen molar-refractivity contribution in [1.29, 1.82) is 0 Å². The van der Waals surface area contributed by atoms with E-state index >= 15 is 0 Å². The number of benzene rings is 2. The van der Waals surface area contributed by atoms with E-state index in [1.807, 2.05) is 18.4 Å². The van der Waals surface area contributed by atoms with Crippen LogP contribution in [0.3, 0.4) is 0 Å². The van der Waals surface area contributed by atoms with Crippen LogP contribution in [-0.2, 0) is 14.3 Å². The molecule has 2 aromatic carbocycles. The van der Waals surface area contributed by atoms with Crippen LogP contribution in [0.2, 0.25) is 0 Å². The van der Waals surface area contributed by atoms with E-state index in [9.17, 15) is 23.6 Å². The molecule has 1 saturated heterocycles. The third kappa shape index (κ3) is 4.48. The Morgan fingerprint density at radius 1 is 1.03 bits per heavy atom. The van der Waals surface area contributed by atoms with Crippen molar-refractivity contribution in [3.05, 3.63) is 88.5 Å². The average Bonchev–Trinajstić information content (AvgIpc) is 3.09. The predicted octanol–water partition coefficient (Wildman–Crippen LogP) is 4.08. The summed E-state index contributed by atoms with van der Waals surface area (Å²) in [7, 11) is 0. The Bertz CT molecular complexity index is 1390. The zero-order chi connectivity index (χ0) is 25.3. The van der Waals surface area contributed by atoms with Crippen LogP contribution in [0.25, 0.3) is 11.8 Å².